The van der Waals surface area contributed by atoms with Crippen molar-refractivity contribution in [3.05, 3.63) is 0 Å². The van der Waals surface area contributed by atoms with Crippen molar-refractivity contribution in [2.45, 2.75) is 52.4 Å². The van der Waals surface area contributed by atoms with Gasteiger partial charge in [0.25, 0.3) is 0 Å². The molecule has 0 aliphatic rings. The van der Waals surface area contributed by atoms with Gasteiger partial charge in [0.1, 0.15) is 0 Å². The van der Waals surface area contributed by atoms with Gasteiger partial charge in [-0.05, 0) is 19.8 Å². The molecular formula is C9H20N2. The SMILES string of the molecule is CCCCCCCC(C)=NN. The van der Waals surface area contributed by atoms with Crippen LogP contribution >= 0.6 is 0 Å². The van der Waals surface area contributed by atoms with Gasteiger partial charge in [-0.25, -0.2) is 0 Å². The lowest BCUT2D eigenvalue weighted by molar-refractivity contribution is 0.642. The van der Waals surface area contributed by atoms with Gasteiger partial charge in [0.05, 0.1) is 0 Å². The van der Waals surface area contributed by atoms with Crippen LogP contribution in [0, 0.1) is 0 Å². The Morgan fingerprint density at radius 1 is 1.18 bits per heavy atom. The normalized spacial score (nSPS) is 12.0. The number of nitrogens with zero attached hydrogens (tertiary/aromatic N) is 1. The summed E-state index contributed by atoms with van der Waals surface area (Å²) in [5.41, 5.74) is 1.07. The van der Waals surface area contributed by atoms with Crippen molar-refractivity contribution in [2.24, 2.45) is 10.9 Å². The van der Waals surface area contributed by atoms with Crippen LogP contribution in [0.2, 0.25) is 0 Å². The third-order valence-corrected chi connectivity index (χ3v) is 1.86. The summed E-state index contributed by atoms with van der Waals surface area (Å²) in [6, 6.07) is 0. The van der Waals surface area contributed by atoms with Crippen LogP contribution in [0.25, 0.3) is 0 Å². The smallest absolute Gasteiger partial charge is 0.0345 e. The summed E-state index contributed by atoms with van der Waals surface area (Å²) >= 11 is 0. The molecule has 0 aromatic rings. The summed E-state index contributed by atoms with van der Waals surface area (Å²) < 4.78 is 0. The highest BCUT2D eigenvalue weighted by Gasteiger charge is 1.91. The third kappa shape index (κ3) is 7.37. The van der Waals surface area contributed by atoms with Gasteiger partial charge in [-0.3, -0.25) is 0 Å². The number of hydrogen-bond donors (Lipinski definition) is 1. The predicted octanol–water partition coefficient (Wildman–Crippen LogP) is 2.68. The second-order valence-corrected chi connectivity index (χ2v) is 3.03. The molecule has 2 heteroatoms. The van der Waals surface area contributed by atoms with E-state index in [4.69, 9.17) is 5.84 Å². The topological polar surface area (TPSA) is 38.4 Å². The Morgan fingerprint density at radius 2 is 1.82 bits per heavy atom. The van der Waals surface area contributed by atoms with Crippen molar-refractivity contribution in [1.29, 1.82) is 0 Å². The van der Waals surface area contributed by atoms with Crippen LogP contribution in [-0.2, 0) is 0 Å². The van der Waals surface area contributed by atoms with Crippen LogP contribution in [0.15, 0.2) is 5.10 Å². The molecule has 0 amide bonds. The maximum absolute atomic E-state index is 5.10. The van der Waals surface area contributed by atoms with E-state index in [2.05, 4.69) is 12.0 Å². The second-order valence-electron chi connectivity index (χ2n) is 3.03. The first-order valence-corrected chi connectivity index (χ1v) is 4.54. The van der Waals surface area contributed by atoms with Crippen LogP contribution in [0.1, 0.15) is 52.4 Å². The molecule has 0 aromatic carbocycles. The summed E-state index contributed by atoms with van der Waals surface area (Å²) in [5.74, 6) is 5.10. The molecule has 0 unspecified atom stereocenters. The minimum atomic E-state index is 1.07. The van der Waals surface area contributed by atoms with Gasteiger partial charge in [0.2, 0.25) is 0 Å². The molecule has 0 radical (unpaired) electrons. The minimum Gasteiger partial charge on any atom is -0.323 e. The number of unbranched alkanes of at least 4 members (excludes halogenated alkanes) is 4. The summed E-state index contributed by atoms with van der Waals surface area (Å²) in [7, 11) is 0. The van der Waals surface area contributed by atoms with Crippen LogP contribution in [-0.4, -0.2) is 5.71 Å². The lowest BCUT2D eigenvalue weighted by Gasteiger charge is -1.98. The predicted molar refractivity (Wildman–Crippen MR) is 50.7 cm³/mol. The van der Waals surface area contributed by atoms with Gasteiger partial charge in [0, 0.05) is 5.71 Å². The van der Waals surface area contributed by atoms with Crippen LogP contribution in [0.3, 0.4) is 0 Å². The van der Waals surface area contributed by atoms with Gasteiger partial charge in [0.15, 0.2) is 0 Å². The molecule has 0 atom stereocenters. The van der Waals surface area contributed by atoms with E-state index in [1.165, 1.54) is 32.1 Å². The summed E-state index contributed by atoms with van der Waals surface area (Å²) in [6.45, 7) is 4.21. The largest absolute Gasteiger partial charge is 0.323 e. The third-order valence-electron chi connectivity index (χ3n) is 1.86. The van der Waals surface area contributed by atoms with E-state index >= 15 is 0 Å². The fourth-order valence-corrected chi connectivity index (χ4v) is 1.05. The molecule has 0 spiro atoms. The Labute approximate surface area is 69.9 Å². The van der Waals surface area contributed by atoms with E-state index in [1.807, 2.05) is 6.92 Å². The molecule has 11 heavy (non-hydrogen) atoms. The zero-order chi connectivity index (χ0) is 8.53. The van der Waals surface area contributed by atoms with E-state index < -0.39 is 0 Å². The maximum atomic E-state index is 5.10. The lowest BCUT2D eigenvalue weighted by atomic mass is 10.1. The van der Waals surface area contributed by atoms with E-state index in [0.29, 0.717) is 0 Å². The molecule has 0 aromatic heterocycles. The van der Waals surface area contributed by atoms with Crippen molar-refractivity contribution in [2.75, 3.05) is 0 Å². The Hall–Kier alpha value is -0.530. The van der Waals surface area contributed by atoms with Crippen LogP contribution in [0.4, 0.5) is 0 Å². The quantitative estimate of drug-likeness (QED) is 0.273. The van der Waals surface area contributed by atoms with Gasteiger partial charge in [-0.1, -0.05) is 32.6 Å². The lowest BCUT2D eigenvalue weighted by Crippen LogP contribution is -1.95. The first-order valence-electron chi connectivity index (χ1n) is 4.54. The van der Waals surface area contributed by atoms with Crippen LogP contribution < -0.4 is 5.84 Å². The first kappa shape index (κ1) is 10.5. The monoisotopic (exact) mass is 156 g/mol. The van der Waals surface area contributed by atoms with Crippen molar-refractivity contribution < 1.29 is 0 Å². The summed E-state index contributed by atoms with van der Waals surface area (Å²) in [6.07, 6.45) is 7.66. The van der Waals surface area contributed by atoms with Gasteiger partial charge < -0.3 is 5.84 Å². The minimum absolute atomic E-state index is 1.07. The van der Waals surface area contributed by atoms with Gasteiger partial charge >= 0.3 is 0 Å². The molecule has 0 saturated carbocycles. The Kier molecular flexibility index (Phi) is 7.21. The summed E-state index contributed by atoms with van der Waals surface area (Å²) in [5, 5.41) is 3.62. The number of nitrogens with two attached hydrogens (primary N) is 1. The molecule has 0 bridgehead atoms. The molecule has 0 saturated heterocycles. The molecule has 2 nitrogen and oxygen atoms in total. The van der Waals surface area contributed by atoms with E-state index in [1.54, 1.807) is 0 Å². The molecular weight excluding hydrogens is 136 g/mol. The maximum Gasteiger partial charge on any atom is 0.0345 e. The van der Waals surface area contributed by atoms with Gasteiger partial charge in [-0.15, -0.1) is 0 Å². The first-order chi connectivity index (χ1) is 5.31. The van der Waals surface area contributed by atoms with Crippen molar-refractivity contribution in [1.82, 2.24) is 0 Å². The fraction of sp³-hybridized carbons (Fsp3) is 0.889. The highest BCUT2D eigenvalue weighted by Crippen LogP contribution is 2.05. The number of rotatable bonds is 6. The average Bonchev–Trinajstić information content (AvgIpc) is 2.04. The molecule has 0 rings (SSSR count). The van der Waals surface area contributed by atoms with E-state index in [0.717, 1.165) is 12.1 Å². The fourth-order valence-electron chi connectivity index (χ4n) is 1.05. The molecule has 0 aliphatic heterocycles. The van der Waals surface area contributed by atoms with E-state index in [-0.39, 0.29) is 0 Å². The van der Waals surface area contributed by atoms with E-state index in [9.17, 15) is 0 Å². The number of hydrogen-bond acceptors (Lipinski definition) is 2. The van der Waals surface area contributed by atoms with Gasteiger partial charge in [-0.2, -0.15) is 5.10 Å². The molecule has 2 N–H and O–H groups in total. The molecule has 0 heterocycles. The van der Waals surface area contributed by atoms with Crippen molar-refractivity contribution >= 4 is 5.71 Å². The standard InChI is InChI=1S/C9H20N2/c1-3-4-5-6-7-8-9(2)11-10/h3-8,10H2,1-2H3. The number of hydrazone groups is 1. The molecule has 0 fully saturated rings. The summed E-state index contributed by atoms with van der Waals surface area (Å²) in [4.78, 5) is 0. The Bertz CT molecular complexity index is 108. The van der Waals surface area contributed by atoms with Crippen LogP contribution in [0.5, 0.6) is 0 Å². The zero-order valence-corrected chi connectivity index (χ0v) is 7.77. The average molecular weight is 156 g/mol. The highest BCUT2D eigenvalue weighted by atomic mass is 15.1. The second kappa shape index (κ2) is 7.58. The zero-order valence-electron chi connectivity index (χ0n) is 7.77. The van der Waals surface area contributed by atoms with Crippen molar-refractivity contribution in [3.8, 4) is 0 Å². The Morgan fingerprint density at radius 3 is 2.36 bits per heavy atom. The molecule has 66 valence electrons. The molecule has 0 aliphatic carbocycles. The van der Waals surface area contributed by atoms with Crippen molar-refractivity contribution in [3.63, 3.8) is 0 Å². The Balaban J connectivity index is 3.02. The highest BCUT2D eigenvalue weighted by molar-refractivity contribution is 5.81.